The van der Waals surface area contributed by atoms with E-state index in [1.165, 1.54) is 0 Å². The predicted octanol–water partition coefficient (Wildman–Crippen LogP) is 2.62. The molecule has 1 aromatic heterocycles. The fraction of sp³-hybridized carbons (Fsp3) is 0.286. The third-order valence-corrected chi connectivity index (χ3v) is 2.68. The molecular weight excluding hydrogens is 349 g/mol. The summed E-state index contributed by atoms with van der Waals surface area (Å²) in [6.07, 6.45) is -4.03. The zero-order chi connectivity index (χ0) is 11.6. The highest BCUT2D eigenvalue weighted by molar-refractivity contribution is 14.1. The summed E-state index contributed by atoms with van der Waals surface area (Å²) in [5.74, 6) is -0.985. The van der Waals surface area contributed by atoms with Crippen LogP contribution in [0.5, 0.6) is 5.75 Å². The second-order valence-corrected chi connectivity index (χ2v) is 3.80. The summed E-state index contributed by atoms with van der Waals surface area (Å²) in [6, 6.07) is 0. The number of hydrogen-bond acceptors (Lipinski definition) is 2. The molecule has 0 radical (unpaired) electrons. The molecule has 1 N–H and O–H groups in total. The lowest BCUT2D eigenvalue weighted by molar-refractivity contribution is -0.275. The van der Waals surface area contributed by atoms with Crippen molar-refractivity contribution in [3.63, 3.8) is 0 Å². The Morgan fingerprint density at radius 1 is 1.53 bits per heavy atom. The number of pyridine rings is 1. The van der Waals surface area contributed by atoms with Gasteiger partial charge in [-0.3, -0.25) is 4.79 Å². The van der Waals surface area contributed by atoms with Crippen LogP contribution in [0.15, 0.2) is 11.0 Å². The maximum Gasteiger partial charge on any atom is 0.573 e. The van der Waals surface area contributed by atoms with E-state index in [0.717, 1.165) is 6.20 Å². The fourth-order valence-corrected chi connectivity index (χ4v) is 1.92. The minimum atomic E-state index is -4.89. The van der Waals surface area contributed by atoms with Gasteiger partial charge in [0.15, 0.2) is 5.75 Å². The lowest BCUT2D eigenvalue weighted by atomic mass is 10.3. The van der Waals surface area contributed by atoms with Crippen LogP contribution in [0.25, 0.3) is 0 Å². The van der Waals surface area contributed by atoms with E-state index in [1.54, 1.807) is 22.6 Å². The molecule has 15 heavy (non-hydrogen) atoms. The number of nitrogens with one attached hydrogen (secondary N) is 1. The number of aromatic amines is 1. The number of aromatic nitrogens is 1. The van der Waals surface area contributed by atoms with Gasteiger partial charge >= 0.3 is 6.36 Å². The molecule has 0 aliphatic rings. The average Bonchev–Trinajstić information content (AvgIpc) is 2.09. The van der Waals surface area contributed by atoms with Crippen molar-refractivity contribution >= 4 is 34.2 Å². The van der Waals surface area contributed by atoms with Crippen LogP contribution in [0.2, 0.25) is 0 Å². The second kappa shape index (κ2) is 4.60. The lowest BCUT2D eigenvalue weighted by Gasteiger charge is -2.09. The number of H-pyrrole nitrogens is 1. The summed E-state index contributed by atoms with van der Waals surface area (Å²) in [4.78, 5) is 13.8. The number of ether oxygens (including phenoxy) is 1. The molecule has 0 unspecified atom stereocenters. The van der Waals surface area contributed by atoms with Gasteiger partial charge in [-0.05, 0) is 22.6 Å². The van der Waals surface area contributed by atoms with E-state index in [4.69, 9.17) is 11.6 Å². The van der Waals surface area contributed by atoms with Gasteiger partial charge in [0.1, 0.15) is 0 Å². The standard InChI is InChI=1S/C7H4ClF3INO2/c8-1-3-5(14)4(2-13-6(3)12)15-7(9,10)11/h2H,1H2,(H,13,14). The summed E-state index contributed by atoms with van der Waals surface area (Å²) in [7, 11) is 0. The molecule has 0 aromatic carbocycles. The van der Waals surface area contributed by atoms with E-state index in [1.807, 2.05) is 0 Å². The molecule has 1 rings (SSSR count). The van der Waals surface area contributed by atoms with Crippen LogP contribution < -0.4 is 10.2 Å². The summed E-state index contributed by atoms with van der Waals surface area (Å²) in [5.41, 5.74) is -0.801. The average molecular weight is 353 g/mol. The molecule has 3 nitrogen and oxygen atoms in total. The third-order valence-electron chi connectivity index (χ3n) is 1.45. The van der Waals surface area contributed by atoms with E-state index in [2.05, 4.69) is 9.72 Å². The van der Waals surface area contributed by atoms with Crippen LogP contribution >= 0.6 is 34.2 Å². The smallest absolute Gasteiger partial charge is 0.400 e. The van der Waals surface area contributed by atoms with Crippen molar-refractivity contribution in [3.8, 4) is 5.75 Å². The Morgan fingerprint density at radius 3 is 2.60 bits per heavy atom. The van der Waals surface area contributed by atoms with Crippen LogP contribution in [0.3, 0.4) is 0 Å². The summed E-state index contributed by atoms with van der Waals surface area (Å²) < 4.78 is 39.5. The Morgan fingerprint density at radius 2 is 2.13 bits per heavy atom. The molecule has 0 aliphatic carbocycles. The molecule has 0 bridgehead atoms. The van der Waals surface area contributed by atoms with Crippen molar-refractivity contribution in [1.29, 1.82) is 0 Å². The Labute approximate surface area is 101 Å². The van der Waals surface area contributed by atoms with E-state index < -0.39 is 17.5 Å². The van der Waals surface area contributed by atoms with Gasteiger partial charge in [0.2, 0.25) is 5.43 Å². The van der Waals surface area contributed by atoms with Crippen molar-refractivity contribution in [1.82, 2.24) is 4.98 Å². The summed E-state index contributed by atoms with van der Waals surface area (Å²) in [6.45, 7) is 0. The van der Waals surface area contributed by atoms with E-state index in [9.17, 15) is 18.0 Å². The van der Waals surface area contributed by atoms with Crippen molar-refractivity contribution in [2.75, 3.05) is 0 Å². The van der Waals surface area contributed by atoms with Gasteiger partial charge in [-0.2, -0.15) is 0 Å². The highest BCUT2D eigenvalue weighted by atomic mass is 127. The van der Waals surface area contributed by atoms with Gasteiger partial charge < -0.3 is 9.72 Å². The maximum atomic E-state index is 11.8. The topological polar surface area (TPSA) is 42.1 Å². The molecule has 0 atom stereocenters. The van der Waals surface area contributed by atoms with Gasteiger partial charge in [0.05, 0.1) is 9.58 Å². The molecule has 0 amide bonds. The molecule has 8 heteroatoms. The van der Waals surface area contributed by atoms with Gasteiger partial charge in [0, 0.05) is 11.8 Å². The zero-order valence-corrected chi connectivity index (χ0v) is 9.90. The van der Waals surface area contributed by atoms with Gasteiger partial charge in [-0.1, -0.05) is 0 Å². The molecular formula is C7H4ClF3INO2. The van der Waals surface area contributed by atoms with Crippen molar-refractivity contribution in [3.05, 3.63) is 25.7 Å². The monoisotopic (exact) mass is 353 g/mol. The fourth-order valence-electron chi connectivity index (χ4n) is 0.850. The lowest BCUT2D eigenvalue weighted by Crippen LogP contribution is -2.23. The normalized spacial score (nSPS) is 11.5. The first kappa shape index (κ1) is 12.6. The Bertz CT molecular complexity index is 418. The Kier molecular flexibility index (Phi) is 3.87. The van der Waals surface area contributed by atoms with Crippen molar-refractivity contribution in [2.45, 2.75) is 12.2 Å². The molecule has 1 heterocycles. The third kappa shape index (κ3) is 3.26. The summed E-state index contributed by atoms with van der Waals surface area (Å²) >= 11 is 7.18. The van der Waals surface area contributed by atoms with Crippen LogP contribution in [0, 0.1) is 3.70 Å². The molecule has 0 spiro atoms. The molecule has 0 fully saturated rings. The zero-order valence-electron chi connectivity index (χ0n) is 6.99. The molecule has 1 aromatic rings. The van der Waals surface area contributed by atoms with E-state index >= 15 is 0 Å². The number of hydrogen-bond donors (Lipinski definition) is 1. The summed E-state index contributed by atoms with van der Waals surface area (Å²) in [5, 5.41) is 0. The Hall–Kier alpha value is -0.440. The van der Waals surface area contributed by atoms with Crippen molar-refractivity contribution < 1.29 is 17.9 Å². The quantitative estimate of drug-likeness (QED) is 0.505. The van der Waals surface area contributed by atoms with Gasteiger partial charge in [-0.25, -0.2) is 0 Å². The predicted molar refractivity (Wildman–Crippen MR) is 56.0 cm³/mol. The van der Waals surface area contributed by atoms with E-state index in [-0.39, 0.29) is 11.4 Å². The first-order valence-electron chi connectivity index (χ1n) is 3.57. The van der Waals surface area contributed by atoms with Gasteiger partial charge in [0.25, 0.3) is 0 Å². The highest BCUT2D eigenvalue weighted by Gasteiger charge is 2.32. The first-order chi connectivity index (χ1) is 6.85. The molecule has 0 saturated carbocycles. The molecule has 0 saturated heterocycles. The minimum Gasteiger partial charge on any atom is -0.400 e. The molecule has 0 aliphatic heterocycles. The number of alkyl halides is 4. The largest absolute Gasteiger partial charge is 0.573 e. The number of rotatable bonds is 2. The SMILES string of the molecule is O=c1c(OC(F)(F)F)c[nH]c(I)c1CCl. The van der Waals surface area contributed by atoms with Crippen LogP contribution in [-0.2, 0) is 5.88 Å². The van der Waals surface area contributed by atoms with Crippen LogP contribution in [0.4, 0.5) is 13.2 Å². The van der Waals surface area contributed by atoms with Crippen LogP contribution in [-0.4, -0.2) is 11.3 Å². The number of halogens is 5. The minimum absolute atomic E-state index is 0.0546. The highest BCUT2D eigenvalue weighted by Crippen LogP contribution is 2.20. The first-order valence-corrected chi connectivity index (χ1v) is 5.18. The van der Waals surface area contributed by atoms with Crippen LogP contribution in [0.1, 0.15) is 5.56 Å². The van der Waals surface area contributed by atoms with Gasteiger partial charge in [-0.15, -0.1) is 24.8 Å². The molecule has 84 valence electrons. The van der Waals surface area contributed by atoms with Crippen molar-refractivity contribution in [2.24, 2.45) is 0 Å². The maximum absolute atomic E-state index is 11.8. The second-order valence-electron chi connectivity index (χ2n) is 2.46. The Balaban J connectivity index is 3.17. The van der Waals surface area contributed by atoms with E-state index in [0.29, 0.717) is 3.70 Å².